The van der Waals surface area contributed by atoms with Crippen molar-refractivity contribution < 1.29 is 4.79 Å². The van der Waals surface area contributed by atoms with Crippen LogP contribution in [0, 0.1) is 5.92 Å². The molecule has 0 saturated carbocycles. The number of rotatable bonds is 4. The fraction of sp³-hybridized carbons (Fsp3) is 0.562. The van der Waals surface area contributed by atoms with Gasteiger partial charge in [-0.2, -0.15) is 0 Å². The monoisotopic (exact) mass is 234 g/mol. The maximum absolute atomic E-state index is 11.2. The first-order chi connectivity index (χ1) is 8.00. The first-order valence-corrected chi connectivity index (χ1v) is 6.60. The lowest BCUT2D eigenvalue weighted by atomic mass is 9.95. The summed E-state index contributed by atoms with van der Waals surface area (Å²) in [5, 5.41) is 0. The summed E-state index contributed by atoms with van der Waals surface area (Å²) in [5.74, 6) is 0.936. The molecule has 1 nitrogen and oxygen atoms in total. The van der Waals surface area contributed by atoms with Crippen LogP contribution in [0.3, 0.4) is 0 Å². The zero-order chi connectivity index (χ0) is 13.4. The Morgan fingerprint density at radius 2 is 1.53 bits per heavy atom. The predicted octanol–water partition coefficient (Wildman–Crippen LogP) is 4.60. The largest absolute Gasteiger partial charge is 0.299 e. The van der Waals surface area contributed by atoms with Crippen LogP contribution in [0.15, 0.2) is 24.3 Å². The van der Waals surface area contributed by atoms with Crippen molar-refractivity contribution in [1.82, 2.24) is 0 Å². The molecule has 0 N–H and O–H groups in total. The Kier molecular flexibility index (Phi) is 7.53. The minimum absolute atomic E-state index is 0.0260. The van der Waals surface area contributed by atoms with Crippen molar-refractivity contribution in [3.8, 4) is 0 Å². The van der Waals surface area contributed by atoms with E-state index < -0.39 is 0 Å². The van der Waals surface area contributed by atoms with Gasteiger partial charge in [-0.1, -0.05) is 58.9 Å². The third kappa shape index (κ3) is 5.67. The Labute approximate surface area is 106 Å². The molecule has 0 heterocycles. The molecule has 1 heteroatoms. The number of hydrogen-bond donors (Lipinski definition) is 0. The molecular formula is C16H26O. The molecule has 0 spiro atoms. The molecule has 0 aromatic heterocycles. The van der Waals surface area contributed by atoms with Crippen LogP contribution in [0.5, 0.6) is 0 Å². The Balaban J connectivity index is 0.00000121. The normalized spacial score (nSPS) is 11.7. The fourth-order valence-electron chi connectivity index (χ4n) is 1.65. The van der Waals surface area contributed by atoms with Gasteiger partial charge in [0.15, 0.2) is 0 Å². The molecule has 0 amide bonds. The van der Waals surface area contributed by atoms with Crippen LogP contribution in [0.1, 0.15) is 58.6 Å². The van der Waals surface area contributed by atoms with Gasteiger partial charge < -0.3 is 0 Å². The summed E-state index contributed by atoms with van der Waals surface area (Å²) in [7, 11) is 0. The molecule has 17 heavy (non-hydrogen) atoms. The maximum atomic E-state index is 11.2. The van der Waals surface area contributed by atoms with E-state index in [9.17, 15) is 4.79 Å². The highest BCUT2D eigenvalue weighted by Gasteiger charge is 2.09. The molecule has 1 unspecified atom stereocenters. The Hall–Kier alpha value is -1.11. The quantitative estimate of drug-likeness (QED) is 0.744. The van der Waals surface area contributed by atoms with Crippen molar-refractivity contribution in [3.05, 3.63) is 35.4 Å². The molecule has 0 aliphatic carbocycles. The SMILES string of the molecule is CC.CC(=O)C(C)c1ccc(CC(C)C)cc1. The van der Waals surface area contributed by atoms with Crippen molar-refractivity contribution in [2.24, 2.45) is 5.92 Å². The van der Waals surface area contributed by atoms with E-state index in [2.05, 4.69) is 38.1 Å². The van der Waals surface area contributed by atoms with Crippen molar-refractivity contribution in [2.45, 2.75) is 53.9 Å². The number of ketones is 1. The van der Waals surface area contributed by atoms with E-state index in [-0.39, 0.29) is 11.7 Å². The van der Waals surface area contributed by atoms with E-state index in [4.69, 9.17) is 0 Å². The number of carbonyl (C=O) groups excluding carboxylic acids is 1. The van der Waals surface area contributed by atoms with E-state index >= 15 is 0 Å². The minimum Gasteiger partial charge on any atom is -0.299 e. The molecule has 0 saturated heterocycles. The minimum atomic E-state index is 0.0260. The molecule has 1 aromatic carbocycles. The molecule has 96 valence electrons. The van der Waals surface area contributed by atoms with Crippen molar-refractivity contribution in [3.63, 3.8) is 0 Å². The van der Waals surface area contributed by atoms with Gasteiger partial charge in [-0.3, -0.25) is 4.79 Å². The number of hydrogen-bond acceptors (Lipinski definition) is 1. The third-order valence-corrected chi connectivity index (χ3v) is 2.73. The maximum Gasteiger partial charge on any atom is 0.136 e. The second-order valence-electron chi connectivity index (χ2n) is 4.67. The first kappa shape index (κ1) is 15.9. The van der Waals surface area contributed by atoms with Crippen LogP contribution in [0.2, 0.25) is 0 Å². The number of Topliss-reactive ketones (excluding diaryl/α,β-unsaturated/α-hetero) is 1. The molecule has 0 aliphatic heterocycles. The van der Waals surface area contributed by atoms with Crippen LogP contribution >= 0.6 is 0 Å². The summed E-state index contributed by atoms with van der Waals surface area (Å²) in [4.78, 5) is 11.2. The molecule has 1 atom stereocenters. The van der Waals surface area contributed by atoms with Gasteiger partial charge in [0.05, 0.1) is 0 Å². The second kappa shape index (κ2) is 8.05. The van der Waals surface area contributed by atoms with Crippen molar-refractivity contribution in [2.75, 3.05) is 0 Å². The molecule has 0 bridgehead atoms. The van der Waals surface area contributed by atoms with Crippen molar-refractivity contribution >= 4 is 5.78 Å². The summed E-state index contributed by atoms with van der Waals surface area (Å²) >= 11 is 0. The Morgan fingerprint density at radius 1 is 1.06 bits per heavy atom. The lowest BCUT2D eigenvalue weighted by Gasteiger charge is -2.10. The second-order valence-corrected chi connectivity index (χ2v) is 4.67. The zero-order valence-electron chi connectivity index (χ0n) is 12.1. The number of carbonyl (C=O) groups is 1. The van der Waals surface area contributed by atoms with Gasteiger partial charge in [0, 0.05) is 5.92 Å². The smallest absolute Gasteiger partial charge is 0.136 e. The van der Waals surface area contributed by atoms with E-state index in [0.717, 1.165) is 12.0 Å². The van der Waals surface area contributed by atoms with Gasteiger partial charge in [0.2, 0.25) is 0 Å². The lowest BCUT2D eigenvalue weighted by Crippen LogP contribution is -2.04. The van der Waals surface area contributed by atoms with Gasteiger partial charge in [-0.05, 0) is 30.4 Å². The van der Waals surface area contributed by atoms with E-state index in [1.165, 1.54) is 5.56 Å². The van der Waals surface area contributed by atoms with E-state index in [1.807, 2.05) is 20.8 Å². The van der Waals surface area contributed by atoms with Crippen LogP contribution in [-0.2, 0) is 11.2 Å². The highest BCUT2D eigenvalue weighted by Crippen LogP contribution is 2.17. The average molecular weight is 234 g/mol. The Bertz CT molecular complexity index is 322. The average Bonchev–Trinajstić information content (AvgIpc) is 2.31. The summed E-state index contributed by atoms with van der Waals surface area (Å²) in [5.41, 5.74) is 2.47. The van der Waals surface area contributed by atoms with Crippen LogP contribution in [-0.4, -0.2) is 5.78 Å². The molecule has 0 aliphatic rings. The topological polar surface area (TPSA) is 17.1 Å². The van der Waals surface area contributed by atoms with Crippen molar-refractivity contribution in [1.29, 1.82) is 0 Å². The summed E-state index contributed by atoms with van der Waals surface area (Å²) < 4.78 is 0. The molecular weight excluding hydrogens is 208 g/mol. The van der Waals surface area contributed by atoms with E-state index in [0.29, 0.717) is 5.92 Å². The molecule has 0 fully saturated rings. The summed E-state index contributed by atoms with van der Waals surface area (Å²) in [6.45, 7) is 12.0. The third-order valence-electron chi connectivity index (χ3n) is 2.73. The molecule has 1 rings (SSSR count). The summed E-state index contributed by atoms with van der Waals surface area (Å²) in [6, 6.07) is 8.41. The standard InChI is InChI=1S/C14H20O.C2H6/c1-10(2)9-13-5-7-14(8-6-13)11(3)12(4)15;1-2/h5-8,10-11H,9H2,1-4H3;1-2H3. The fourth-order valence-corrected chi connectivity index (χ4v) is 1.65. The van der Waals surface area contributed by atoms with Gasteiger partial charge >= 0.3 is 0 Å². The van der Waals surface area contributed by atoms with Crippen LogP contribution in [0.25, 0.3) is 0 Å². The highest BCUT2D eigenvalue weighted by molar-refractivity contribution is 5.82. The van der Waals surface area contributed by atoms with Gasteiger partial charge in [-0.25, -0.2) is 0 Å². The Morgan fingerprint density at radius 3 is 1.88 bits per heavy atom. The lowest BCUT2D eigenvalue weighted by molar-refractivity contribution is -0.118. The predicted molar refractivity (Wildman–Crippen MR) is 75.4 cm³/mol. The summed E-state index contributed by atoms with van der Waals surface area (Å²) in [6.07, 6.45) is 1.11. The molecule has 1 aromatic rings. The van der Waals surface area contributed by atoms with Gasteiger partial charge in [0.25, 0.3) is 0 Å². The van der Waals surface area contributed by atoms with Gasteiger partial charge in [-0.15, -0.1) is 0 Å². The first-order valence-electron chi connectivity index (χ1n) is 6.60. The van der Waals surface area contributed by atoms with Gasteiger partial charge in [0.1, 0.15) is 5.78 Å². The van der Waals surface area contributed by atoms with Crippen LogP contribution < -0.4 is 0 Å². The van der Waals surface area contributed by atoms with Crippen LogP contribution in [0.4, 0.5) is 0 Å². The zero-order valence-corrected chi connectivity index (χ0v) is 12.1. The van der Waals surface area contributed by atoms with E-state index in [1.54, 1.807) is 6.92 Å². The highest BCUT2D eigenvalue weighted by atomic mass is 16.1. The number of benzene rings is 1. The molecule has 0 radical (unpaired) electrons.